The molecule has 1 spiro atoms. The van der Waals surface area contributed by atoms with E-state index in [1.54, 1.807) is 13.0 Å². The van der Waals surface area contributed by atoms with E-state index in [9.17, 15) is 28.2 Å². The number of aliphatic hydroxyl groups is 1. The monoisotopic (exact) mass is 528 g/mol. The van der Waals surface area contributed by atoms with Crippen LogP contribution in [-0.2, 0) is 22.8 Å². The fourth-order valence-corrected chi connectivity index (χ4v) is 7.61. The molecule has 2 fully saturated rings. The lowest BCUT2D eigenvalue weighted by molar-refractivity contribution is -0.190. The molecule has 3 N–H and O–H groups in total. The van der Waals surface area contributed by atoms with Crippen molar-refractivity contribution in [1.29, 1.82) is 0 Å². The summed E-state index contributed by atoms with van der Waals surface area (Å²) in [5, 5.41) is 26.2. The summed E-state index contributed by atoms with van der Waals surface area (Å²) in [6.45, 7) is 6.81. The zero-order valence-electron chi connectivity index (χ0n) is 21.1. The van der Waals surface area contributed by atoms with Gasteiger partial charge >= 0.3 is 6.18 Å². The summed E-state index contributed by atoms with van der Waals surface area (Å²) in [7, 11) is 0. The summed E-state index contributed by atoms with van der Waals surface area (Å²) in [6, 6.07) is 7.68. The molecule has 6 rings (SSSR count). The molecule has 0 aromatic heterocycles. The summed E-state index contributed by atoms with van der Waals surface area (Å²) < 4.78 is 46.2. The minimum absolute atomic E-state index is 0.00394. The number of likely N-dealkylation sites (tertiary alicyclic amines) is 1. The van der Waals surface area contributed by atoms with Gasteiger partial charge in [0.1, 0.15) is 6.10 Å². The van der Waals surface area contributed by atoms with Crippen molar-refractivity contribution < 1.29 is 32.9 Å². The average molecular weight is 529 g/mol. The molecule has 0 radical (unpaired) electrons. The van der Waals surface area contributed by atoms with Crippen molar-refractivity contribution >= 4 is 5.91 Å². The maximum atomic E-state index is 13.4. The standard InChI is InChI=1S/C29H31F3N2O4/c1-3-12-34-13-11-27-23-18-7-8-21(35)24(23)38-25(27)20(9-10-28(27,37)22(34)15-18)33-26(36)16(2)17-5-4-6-19(14-17)29(30,31)32/h3-8,14,16,20,22,25,35,37H,1,9-13,15H2,2H3,(H,33,36)/t16?,20?,22-,25?,27+,28-/m1/s1. The highest BCUT2D eigenvalue weighted by Gasteiger charge is 2.73. The van der Waals surface area contributed by atoms with E-state index in [1.807, 2.05) is 12.1 Å². The van der Waals surface area contributed by atoms with Gasteiger partial charge in [0, 0.05) is 18.2 Å². The molecule has 2 heterocycles. The molecular weight excluding hydrogens is 497 g/mol. The van der Waals surface area contributed by atoms with E-state index in [-0.39, 0.29) is 17.4 Å². The Balaban J connectivity index is 1.34. The van der Waals surface area contributed by atoms with Crippen LogP contribution in [0, 0.1) is 0 Å². The lowest BCUT2D eigenvalue weighted by Crippen LogP contribution is -2.78. The van der Waals surface area contributed by atoms with Crippen LogP contribution in [0.15, 0.2) is 49.1 Å². The zero-order valence-corrected chi connectivity index (χ0v) is 21.1. The molecule has 1 amide bonds. The zero-order chi connectivity index (χ0) is 27.0. The van der Waals surface area contributed by atoms with Gasteiger partial charge in [-0.1, -0.05) is 30.3 Å². The minimum Gasteiger partial charge on any atom is -0.504 e. The summed E-state index contributed by atoms with van der Waals surface area (Å²) in [5.41, 5.74) is -0.606. The molecular formula is C29H31F3N2O4. The van der Waals surface area contributed by atoms with Crippen molar-refractivity contribution in [3.8, 4) is 11.5 Å². The van der Waals surface area contributed by atoms with Gasteiger partial charge in [0.15, 0.2) is 11.5 Å². The minimum atomic E-state index is -4.50. The normalized spacial score (nSPS) is 32.2. The predicted octanol–water partition coefficient (Wildman–Crippen LogP) is 4.04. The van der Waals surface area contributed by atoms with Crippen LogP contribution in [0.25, 0.3) is 0 Å². The molecule has 3 unspecified atom stereocenters. The highest BCUT2D eigenvalue weighted by molar-refractivity contribution is 5.83. The van der Waals surface area contributed by atoms with Crippen LogP contribution in [0.4, 0.5) is 13.2 Å². The summed E-state index contributed by atoms with van der Waals surface area (Å²) in [5.74, 6) is -0.855. The Labute approximate surface area is 219 Å². The largest absolute Gasteiger partial charge is 0.504 e. The highest BCUT2D eigenvalue weighted by Crippen LogP contribution is 2.65. The van der Waals surface area contributed by atoms with Gasteiger partial charge in [0.25, 0.3) is 0 Å². The molecule has 2 aromatic rings. The van der Waals surface area contributed by atoms with Gasteiger partial charge in [-0.2, -0.15) is 13.2 Å². The molecule has 38 heavy (non-hydrogen) atoms. The molecule has 1 saturated carbocycles. The predicted molar refractivity (Wildman–Crippen MR) is 134 cm³/mol. The van der Waals surface area contributed by atoms with E-state index < -0.39 is 46.7 Å². The van der Waals surface area contributed by atoms with E-state index in [0.29, 0.717) is 44.5 Å². The lowest BCUT2D eigenvalue weighted by Gasteiger charge is -2.64. The van der Waals surface area contributed by atoms with Gasteiger partial charge in [-0.05, 0) is 62.4 Å². The van der Waals surface area contributed by atoms with Gasteiger partial charge in [0.2, 0.25) is 5.91 Å². The second-order valence-corrected chi connectivity index (χ2v) is 11.1. The quantitative estimate of drug-likeness (QED) is 0.511. The molecule has 9 heteroatoms. The Morgan fingerprint density at radius 2 is 2.11 bits per heavy atom. The van der Waals surface area contributed by atoms with E-state index in [2.05, 4.69) is 16.8 Å². The number of halogens is 3. The molecule has 202 valence electrons. The number of hydrogen-bond acceptors (Lipinski definition) is 5. The van der Waals surface area contributed by atoms with Gasteiger partial charge in [-0.15, -0.1) is 6.58 Å². The number of benzene rings is 2. The Morgan fingerprint density at radius 3 is 2.84 bits per heavy atom. The van der Waals surface area contributed by atoms with E-state index in [1.165, 1.54) is 12.1 Å². The third-order valence-electron chi connectivity index (χ3n) is 9.37. The van der Waals surface area contributed by atoms with Crippen LogP contribution in [0.1, 0.15) is 54.4 Å². The number of alkyl halides is 3. The number of carbonyl (C=O) groups excluding carboxylic acids is 1. The number of aromatic hydroxyl groups is 1. The molecule has 2 aliphatic heterocycles. The molecule has 6 atom stereocenters. The molecule has 2 aromatic carbocycles. The lowest BCUT2D eigenvalue weighted by atomic mass is 9.48. The van der Waals surface area contributed by atoms with E-state index in [0.717, 1.165) is 23.3 Å². The SMILES string of the molecule is C=CCN1CC[C@]23c4c5ccc(O)c4OC2C(NC(=O)C(C)c2cccc(C(F)(F)F)c2)CC[C@@]3(O)[C@H]1C5. The van der Waals surface area contributed by atoms with Crippen molar-refractivity contribution in [3.63, 3.8) is 0 Å². The first-order valence-electron chi connectivity index (χ1n) is 13.1. The van der Waals surface area contributed by atoms with Crippen LogP contribution in [0.2, 0.25) is 0 Å². The van der Waals surface area contributed by atoms with Crippen molar-refractivity contribution in [1.82, 2.24) is 10.2 Å². The van der Waals surface area contributed by atoms with Crippen LogP contribution in [0.5, 0.6) is 11.5 Å². The maximum absolute atomic E-state index is 13.4. The molecule has 1 saturated heterocycles. The van der Waals surface area contributed by atoms with Gasteiger partial charge in [-0.25, -0.2) is 0 Å². The smallest absolute Gasteiger partial charge is 0.416 e. The van der Waals surface area contributed by atoms with E-state index >= 15 is 0 Å². The number of rotatable bonds is 5. The third kappa shape index (κ3) is 3.37. The van der Waals surface area contributed by atoms with Crippen LogP contribution < -0.4 is 10.1 Å². The first-order valence-corrected chi connectivity index (χ1v) is 13.1. The number of phenolic OH excluding ortho intramolecular Hbond substituents is 1. The first-order chi connectivity index (χ1) is 18.0. The molecule has 6 nitrogen and oxygen atoms in total. The van der Waals surface area contributed by atoms with Crippen LogP contribution in [-0.4, -0.2) is 57.9 Å². The van der Waals surface area contributed by atoms with Gasteiger partial charge in [0.05, 0.1) is 28.5 Å². The summed E-state index contributed by atoms with van der Waals surface area (Å²) in [6.07, 6.45) is -1.22. The Kier molecular flexibility index (Phi) is 5.63. The average Bonchev–Trinajstić information content (AvgIpc) is 3.24. The van der Waals surface area contributed by atoms with Crippen LogP contribution in [0.3, 0.4) is 0 Å². The number of piperidine rings is 1. The molecule has 4 aliphatic rings. The Bertz CT molecular complexity index is 1310. The fourth-order valence-electron chi connectivity index (χ4n) is 7.61. The topological polar surface area (TPSA) is 82.0 Å². The van der Waals surface area contributed by atoms with Gasteiger partial charge in [-0.3, -0.25) is 9.69 Å². The van der Waals surface area contributed by atoms with Gasteiger partial charge < -0.3 is 20.3 Å². The number of hydrogen-bond donors (Lipinski definition) is 3. The fraction of sp³-hybridized carbons (Fsp3) is 0.483. The number of carbonyl (C=O) groups is 1. The molecule has 2 aliphatic carbocycles. The molecule has 2 bridgehead atoms. The van der Waals surface area contributed by atoms with Crippen molar-refractivity contribution in [2.75, 3.05) is 13.1 Å². The second kappa shape index (κ2) is 8.48. The van der Waals surface area contributed by atoms with Crippen LogP contribution >= 0.6 is 0 Å². The number of phenols is 1. The van der Waals surface area contributed by atoms with E-state index in [4.69, 9.17) is 4.74 Å². The number of amides is 1. The third-order valence-corrected chi connectivity index (χ3v) is 9.37. The number of nitrogens with zero attached hydrogens (tertiary/aromatic N) is 1. The van der Waals surface area contributed by atoms with Crippen molar-refractivity contribution in [2.45, 2.75) is 73.9 Å². The maximum Gasteiger partial charge on any atom is 0.416 e. The van der Waals surface area contributed by atoms with Crippen molar-refractivity contribution in [3.05, 3.63) is 71.3 Å². The Morgan fingerprint density at radius 1 is 1.32 bits per heavy atom. The summed E-state index contributed by atoms with van der Waals surface area (Å²) >= 11 is 0. The second-order valence-electron chi connectivity index (χ2n) is 11.1. The summed E-state index contributed by atoms with van der Waals surface area (Å²) in [4.78, 5) is 15.6. The van der Waals surface area contributed by atoms with Crippen molar-refractivity contribution in [2.24, 2.45) is 0 Å². The number of ether oxygens (including phenoxy) is 1. The highest BCUT2D eigenvalue weighted by atomic mass is 19.4. The number of nitrogens with one attached hydrogen (secondary N) is 1. The first kappa shape index (κ1) is 25.2. The Hall–Kier alpha value is -3.04.